The standard InChI is InChI=1S/3C10H7NO2.H3N/c3*12-10(13)9-6-5-7-3-1-2-4-8(7)11-9;/h3*1-6H,(H,12,13);1H3. The van der Waals surface area contributed by atoms with Crippen LogP contribution in [0.2, 0.25) is 0 Å². The molecule has 0 bridgehead atoms. The van der Waals surface area contributed by atoms with Gasteiger partial charge in [0.15, 0.2) is 0 Å². The largest absolute Gasteiger partial charge is 0.477 e. The molecule has 6 rings (SSSR count). The molecule has 200 valence electrons. The van der Waals surface area contributed by atoms with E-state index < -0.39 is 17.9 Å². The number of carbonyl (C=O) groups is 3. The number of carboxylic acids is 3. The van der Waals surface area contributed by atoms with Crippen molar-refractivity contribution in [2.45, 2.75) is 0 Å². The molecule has 6 N–H and O–H groups in total. The highest BCUT2D eigenvalue weighted by atomic mass is 16.4. The van der Waals surface area contributed by atoms with E-state index in [0.717, 1.165) is 16.2 Å². The van der Waals surface area contributed by atoms with Gasteiger partial charge in [0.05, 0.1) is 16.6 Å². The summed E-state index contributed by atoms with van der Waals surface area (Å²) in [6, 6.07) is 32.0. The van der Waals surface area contributed by atoms with Crippen LogP contribution in [0.4, 0.5) is 0 Å². The first-order chi connectivity index (χ1) is 18.8. The van der Waals surface area contributed by atoms with Gasteiger partial charge in [-0.15, -0.1) is 0 Å². The molecule has 0 aliphatic heterocycles. The monoisotopic (exact) mass is 536 g/mol. The summed E-state index contributed by atoms with van der Waals surface area (Å²) in [7, 11) is 0. The quantitative estimate of drug-likeness (QED) is 0.210. The first-order valence-corrected chi connectivity index (χ1v) is 11.6. The summed E-state index contributed by atoms with van der Waals surface area (Å²) in [6.45, 7) is 0. The molecule has 0 fully saturated rings. The normalized spacial score (nSPS) is 9.90. The molecule has 3 aromatic carbocycles. The van der Waals surface area contributed by atoms with E-state index in [1.807, 2.05) is 54.6 Å². The van der Waals surface area contributed by atoms with E-state index >= 15 is 0 Å². The minimum atomic E-state index is -0.995. The zero-order valence-electron chi connectivity index (χ0n) is 21.0. The number of aromatic carboxylic acids is 3. The Balaban J connectivity index is 0.000000163. The Kier molecular flexibility index (Phi) is 9.49. The molecule has 10 heteroatoms. The van der Waals surface area contributed by atoms with Gasteiger partial charge in [-0.25, -0.2) is 29.3 Å². The molecule has 40 heavy (non-hydrogen) atoms. The Bertz CT molecular complexity index is 1610. The second-order valence-electron chi connectivity index (χ2n) is 8.08. The minimum Gasteiger partial charge on any atom is -0.477 e. The molecule has 0 amide bonds. The third-order valence-electron chi connectivity index (χ3n) is 5.45. The molecule has 6 aromatic rings. The summed E-state index contributed by atoms with van der Waals surface area (Å²) in [5, 5.41) is 28.9. The molecule has 0 aliphatic carbocycles. The van der Waals surface area contributed by atoms with Crippen molar-refractivity contribution in [3.63, 3.8) is 0 Å². The van der Waals surface area contributed by atoms with Crippen LogP contribution in [0.5, 0.6) is 0 Å². The van der Waals surface area contributed by atoms with Crippen LogP contribution < -0.4 is 6.15 Å². The number of pyridine rings is 3. The Hall–Kier alpha value is -5.74. The SMILES string of the molecule is N.O=C(O)c1ccc2ccccc2n1.O=C(O)c1ccc2ccccc2n1.O=C(O)c1ccc2ccccc2n1. The van der Waals surface area contributed by atoms with Gasteiger partial charge in [-0.05, 0) is 36.4 Å². The number of fused-ring (bicyclic) bond motifs is 3. The first-order valence-electron chi connectivity index (χ1n) is 11.6. The highest BCUT2D eigenvalue weighted by Crippen LogP contribution is 2.13. The highest BCUT2D eigenvalue weighted by Gasteiger charge is 2.05. The average molecular weight is 537 g/mol. The zero-order valence-corrected chi connectivity index (χ0v) is 21.0. The molecule has 10 nitrogen and oxygen atoms in total. The van der Waals surface area contributed by atoms with Crippen molar-refractivity contribution in [1.29, 1.82) is 0 Å². The van der Waals surface area contributed by atoms with Crippen LogP contribution in [0.3, 0.4) is 0 Å². The van der Waals surface area contributed by atoms with Crippen LogP contribution in [0.1, 0.15) is 31.5 Å². The summed E-state index contributed by atoms with van der Waals surface area (Å²) in [6.07, 6.45) is 0. The smallest absolute Gasteiger partial charge is 0.354 e. The van der Waals surface area contributed by atoms with Crippen LogP contribution in [0.15, 0.2) is 109 Å². The number of rotatable bonds is 3. The maximum atomic E-state index is 10.6. The fraction of sp³-hybridized carbons (Fsp3) is 0. The van der Waals surface area contributed by atoms with E-state index in [1.54, 1.807) is 36.4 Å². The Morgan fingerprint density at radius 3 is 0.900 bits per heavy atom. The maximum absolute atomic E-state index is 10.6. The molecule has 0 spiro atoms. The fourth-order valence-corrected chi connectivity index (χ4v) is 3.56. The van der Waals surface area contributed by atoms with Crippen molar-refractivity contribution < 1.29 is 29.7 Å². The van der Waals surface area contributed by atoms with Gasteiger partial charge in [-0.2, -0.15) is 0 Å². The average Bonchev–Trinajstić information content (AvgIpc) is 2.97. The topological polar surface area (TPSA) is 186 Å². The Morgan fingerprint density at radius 2 is 0.650 bits per heavy atom. The van der Waals surface area contributed by atoms with Gasteiger partial charge in [0.2, 0.25) is 0 Å². The molecule has 0 saturated carbocycles. The summed E-state index contributed by atoms with van der Waals surface area (Å²) < 4.78 is 0. The van der Waals surface area contributed by atoms with E-state index in [9.17, 15) is 14.4 Å². The fourth-order valence-electron chi connectivity index (χ4n) is 3.56. The van der Waals surface area contributed by atoms with Gasteiger partial charge in [-0.1, -0.05) is 72.8 Å². The van der Waals surface area contributed by atoms with Crippen LogP contribution in [0.25, 0.3) is 32.7 Å². The molecule has 0 aliphatic rings. The van der Waals surface area contributed by atoms with E-state index in [1.165, 1.54) is 18.2 Å². The summed E-state index contributed by atoms with van der Waals surface area (Å²) in [5.74, 6) is -2.98. The molecule has 3 aromatic heterocycles. The molecule has 0 atom stereocenters. The number of hydrogen-bond acceptors (Lipinski definition) is 7. The number of nitrogens with zero attached hydrogens (tertiary/aromatic N) is 3. The number of hydrogen-bond donors (Lipinski definition) is 4. The van der Waals surface area contributed by atoms with E-state index in [4.69, 9.17) is 15.3 Å². The van der Waals surface area contributed by atoms with Crippen molar-refractivity contribution in [3.8, 4) is 0 Å². The van der Waals surface area contributed by atoms with Crippen LogP contribution in [-0.2, 0) is 0 Å². The second-order valence-corrected chi connectivity index (χ2v) is 8.08. The molecule has 0 saturated heterocycles. The lowest BCUT2D eigenvalue weighted by molar-refractivity contribution is 0.0680. The Morgan fingerprint density at radius 1 is 0.400 bits per heavy atom. The lowest BCUT2D eigenvalue weighted by atomic mass is 10.2. The third kappa shape index (κ3) is 7.18. The summed E-state index contributed by atoms with van der Waals surface area (Å²) in [5.41, 5.74) is 2.38. The summed E-state index contributed by atoms with van der Waals surface area (Å²) in [4.78, 5) is 43.7. The van der Waals surface area contributed by atoms with Crippen molar-refractivity contribution in [3.05, 3.63) is 126 Å². The highest BCUT2D eigenvalue weighted by molar-refractivity contribution is 5.91. The molecular formula is C30H24N4O6. The molecule has 3 heterocycles. The second kappa shape index (κ2) is 13.2. The zero-order chi connectivity index (χ0) is 27.8. The predicted octanol–water partition coefficient (Wildman–Crippen LogP) is 5.96. The van der Waals surface area contributed by atoms with Crippen molar-refractivity contribution >= 4 is 50.6 Å². The summed E-state index contributed by atoms with van der Waals surface area (Å²) >= 11 is 0. The lowest BCUT2D eigenvalue weighted by Gasteiger charge is -1.97. The number of para-hydroxylation sites is 3. The molecule has 0 radical (unpaired) electrons. The number of carboxylic acid groups (broad SMARTS) is 3. The van der Waals surface area contributed by atoms with Crippen LogP contribution in [-0.4, -0.2) is 48.2 Å². The number of benzene rings is 3. The van der Waals surface area contributed by atoms with Gasteiger partial charge in [0.1, 0.15) is 17.1 Å². The van der Waals surface area contributed by atoms with Crippen LogP contribution in [0, 0.1) is 0 Å². The van der Waals surface area contributed by atoms with Gasteiger partial charge in [0.25, 0.3) is 0 Å². The molecular weight excluding hydrogens is 512 g/mol. The van der Waals surface area contributed by atoms with Gasteiger partial charge in [-0.3, -0.25) is 0 Å². The van der Waals surface area contributed by atoms with Crippen molar-refractivity contribution in [2.24, 2.45) is 0 Å². The van der Waals surface area contributed by atoms with Gasteiger partial charge >= 0.3 is 17.9 Å². The maximum Gasteiger partial charge on any atom is 0.354 e. The molecule has 0 unspecified atom stereocenters. The Labute approximate surface area is 227 Å². The van der Waals surface area contributed by atoms with Crippen LogP contribution >= 0.6 is 0 Å². The lowest BCUT2D eigenvalue weighted by Crippen LogP contribution is -1.99. The number of aromatic nitrogens is 3. The minimum absolute atomic E-state index is 0. The predicted molar refractivity (Wildman–Crippen MR) is 151 cm³/mol. The van der Waals surface area contributed by atoms with E-state index in [-0.39, 0.29) is 23.2 Å². The van der Waals surface area contributed by atoms with Crippen molar-refractivity contribution in [2.75, 3.05) is 0 Å². The van der Waals surface area contributed by atoms with Gasteiger partial charge in [0, 0.05) is 16.2 Å². The van der Waals surface area contributed by atoms with Gasteiger partial charge < -0.3 is 21.5 Å². The van der Waals surface area contributed by atoms with E-state index in [0.29, 0.717) is 16.6 Å². The third-order valence-corrected chi connectivity index (χ3v) is 5.45. The van der Waals surface area contributed by atoms with E-state index in [2.05, 4.69) is 15.0 Å². The van der Waals surface area contributed by atoms with Crippen molar-refractivity contribution in [1.82, 2.24) is 21.1 Å². The first kappa shape index (κ1) is 28.8.